The Balaban J connectivity index is 2.10. The Morgan fingerprint density at radius 1 is 1.18 bits per heavy atom. The Morgan fingerprint density at radius 2 is 1.82 bits per heavy atom. The maximum Gasteiger partial charge on any atom is 0.322 e. The molecule has 0 saturated carbocycles. The number of urea groups is 1. The number of nitrogens with one attached hydrogen (secondary N) is 1. The van der Waals surface area contributed by atoms with Crippen molar-refractivity contribution < 1.29 is 13.9 Å². The molecule has 1 N–H and O–H groups in total. The number of carbonyl (C=O) groups is 1. The molecule has 0 radical (unpaired) electrons. The summed E-state index contributed by atoms with van der Waals surface area (Å²) in [5.41, 5.74) is 1.47. The van der Waals surface area contributed by atoms with E-state index in [4.69, 9.17) is 4.74 Å². The lowest BCUT2D eigenvalue weighted by Crippen LogP contribution is -2.33. The first-order valence-electron chi connectivity index (χ1n) is 6.95. The fourth-order valence-electron chi connectivity index (χ4n) is 2.09. The van der Waals surface area contributed by atoms with Gasteiger partial charge in [-0.2, -0.15) is 0 Å². The highest BCUT2D eigenvalue weighted by Crippen LogP contribution is 2.25. The lowest BCUT2D eigenvalue weighted by atomic mass is 10.1. The van der Waals surface area contributed by atoms with Crippen molar-refractivity contribution in [3.8, 4) is 5.75 Å². The van der Waals surface area contributed by atoms with Crippen molar-refractivity contribution >= 4 is 11.7 Å². The number of benzene rings is 2. The largest absolute Gasteiger partial charge is 0.495 e. The van der Waals surface area contributed by atoms with Crippen molar-refractivity contribution in [3.05, 3.63) is 59.9 Å². The SMILES string of the molecule is COc1ccccc1NC(=O)N(C)C(C)c1ccc(F)cc1. The van der Waals surface area contributed by atoms with Gasteiger partial charge >= 0.3 is 6.03 Å². The molecule has 0 saturated heterocycles. The standard InChI is InChI=1S/C17H19FN2O2/c1-12(13-8-10-14(18)11-9-13)20(2)17(21)19-15-6-4-5-7-16(15)22-3/h4-12H,1-3H3,(H,19,21). The van der Waals surface area contributed by atoms with E-state index in [0.29, 0.717) is 11.4 Å². The van der Waals surface area contributed by atoms with Crippen LogP contribution in [0.5, 0.6) is 5.75 Å². The first-order valence-corrected chi connectivity index (χ1v) is 6.95. The van der Waals surface area contributed by atoms with Gasteiger partial charge in [0.2, 0.25) is 0 Å². The Hall–Kier alpha value is -2.56. The fraction of sp³-hybridized carbons (Fsp3) is 0.235. The third-order valence-electron chi connectivity index (χ3n) is 3.60. The van der Waals surface area contributed by atoms with Gasteiger partial charge in [0, 0.05) is 7.05 Å². The number of halogens is 1. The first kappa shape index (κ1) is 15.8. The predicted molar refractivity (Wildman–Crippen MR) is 84.6 cm³/mol. The van der Waals surface area contributed by atoms with Crippen molar-refractivity contribution in [2.75, 3.05) is 19.5 Å². The van der Waals surface area contributed by atoms with Gasteiger partial charge in [-0.05, 0) is 36.8 Å². The Bertz CT molecular complexity index is 643. The van der Waals surface area contributed by atoms with E-state index in [1.54, 1.807) is 43.3 Å². The summed E-state index contributed by atoms with van der Waals surface area (Å²) in [7, 11) is 3.24. The second kappa shape index (κ2) is 6.93. The number of rotatable bonds is 4. The molecule has 116 valence electrons. The molecular formula is C17H19FN2O2. The predicted octanol–water partition coefficient (Wildman–Crippen LogP) is 4.06. The minimum absolute atomic E-state index is 0.185. The highest BCUT2D eigenvalue weighted by atomic mass is 19.1. The van der Waals surface area contributed by atoms with Gasteiger partial charge in [0.15, 0.2) is 0 Å². The summed E-state index contributed by atoms with van der Waals surface area (Å²) in [5.74, 6) is 0.302. The zero-order chi connectivity index (χ0) is 16.1. The Kier molecular flexibility index (Phi) is 4.99. The first-order chi connectivity index (χ1) is 10.5. The lowest BCUT2D eigenvalue weighted by Gasteiger charge is -2.26. The van der Waals surface area contributed by atoms with Crippen LogP contribution in [0.3, 0.4) is 0 Å². The van der Waals surface area contributed by atoms with Crippen LogP contribution in [0.25, 0.3) is 0 Å². The third-order valence-corrected chi connectivity index (χ3v) is 3.60. The molecule has 2 amide bonds. The van der Waals surface area contributed by atoms with Gasteiger partial charge in [-0.1, -0.05) is 24.3 Å². The summed E-state index contributed by atoms with van der Waals surface area (Å²) < 4.78 is 18.2. The third kappa shape index (κ3) is 3.55. The van der Waals surface area contributed by atoms with E-state index in [0.717, 1.165) is 5.56 Å². The Labute approximate surface area is 129 Å². The van der Waals surface area contributed by atoms with Gasteiger partial charge in [-0.15, -0.1) is 0 Å². The molecule has 1 unspecified atom stereocenters. The highest BCUT2D eigenvalue weighted by Gasteiger charge is 2.18. The van der Waals surface area contributed by atoms with Crippen LogP contribution in [0.2, 0.25) is 0 Å². The van der Waals surface area contributed by atoms with Crippen molar-refractivity contribution in [2.24, 2.45) is 0 Å². The van der Waals surface area contributed by atoms with E-state index in [2.05, 4.69) is 5.32 Å². The number of para-hydroxylation sites is 2. The summed E-state index contributed by atoms with van der Waals surface area (Å²) in [6, 6.07) is 12.9. The smallest absolute Gasteiger partial charge is 0.322 e. The van der Waals surface area contributed by atoms with Gasteiger partial charge in [0.05, 0.1) is 18.8 Å². The number of carbonyl (C=O) groups excluding carboxylic acids is 1. The van der Waals surface area contributed by atoms with E-state index in [9.17, 15) is 9.18 Å². The zero-order valence-electron chi connectivity index (χ0n) is 12.8. The molecule has 0 bridgehead atoms. The van der Waals surface area contributed by atoms with Crippen LogP contribution in [-0.4, -0.2) is 25.1 Å². The van der Waals surface area contributed by atoms with Gasteiger partial charge in [0.1, 0.15) is 11.6 Å². The molecule has 2 aromatic carbocycles. The van der Waals surface area contributed by atoms with E-state index >= 15 is 0 Å². The van der Waals surface area contributed by atoms with Crippen molar-refractivity contribution in [3.63, 3.8) is 0 Å². The van der Waals surface area contributed by atoms with Gasteiger partial charge in [0.25, 0.3) is 0 Å². The number of nitrogens with zero attached hydrogens (tertiary/aromatic N) is 1. The van der Waals surface area contributed by atoms with Crippen LogP contribution in [0.1, 0.15) is 18.5 Å². The molecule has 1 atom stereocenters. The molecule has 0 aliphatic carbocycles. The number of anilines is 1. The van der Waals surface area contributed by atoms with Gasteiger partial charge in [-0.25, -0.2) is 9.18 Å². The number of methoxy groups -OCH3 is 1. The maximum absolute atomic E-state index is 13.0. The molecular weight excluding hydrogens is 283 g/mol. The number of hydrogen-bond donors (Lipinski definition) is 1. The molecule has 0 spiro atoms. The fourth-order valence-corrected chi connectivity index (χ4v) is 2.09. The summed E-state index contributed by atoms with van der Waals surface area (Å²) in [6.07, 6.45) is 0. The molecule has 0 aliphatic rings. The number of ether oxygens (including phenoxy) is 1. The molecule has 2 rings (SSSR count). The van der Waals surface area contributed by atoms with E-state index in [1.165, 1.54) is 12.1 Å². The Morgan fingerprint density at radius 3 is 2.45 bits per heavy atom. The van der Waals surface area contributed by atoms with Crippen molar-refractivity contribution in [1.82, 2.24) is 4.90 Å². The monoisotopic (exact) mass is 302 g/mol. The average Bonchev–Trinajstić information content (AvgIpc) is 2.54. The van der Waals surface area contributed by atoms with Gasteiger partial charge in [-0.3, -0.25) is 0 Å². The van der Waals surface area contributed by atoms with E-state index in [1.807, 2.05) is 19.1 Å². The van der Waals surface area contributed by atoms with Crippen LogP contribution in [0.4, 0.5) is 14.9 Å². The molecule has 0 aromatic heterocycles. The van der Waals surface area contributed by atoms with Crippen LogP contribution >= 0.6 is 0 Å². The topological polar surface area (TPSA) is 41.6 Å². The van der Waals surface area contributed by atoms with Crippen LogP contribution in [0, 0.1) is 5.82 Å². The van der Waals surface area contributed by atoms with Crippen LogP contribution in [-0.2, 0) is 0 Å². The minimum Gasteiger partial charge on any atom is -0.495 e. The summed E-state index contributed by atoms with van der Waals surface area (Å²) in [4.78, 5) is 13.9. The van der Waals surface area contributed by atoms with Crippen molar-refractivity contribution in [2.45, 2.75) is 13.0 Å². The maximum atomic E-state index is 13.0. The summed E-state index contributed by atoms with van der Waals surface area (Å²) in [5, 5.41) is 2.81. The molecule has 22 heavy (non-hydrogen) atoms. The number of amides is 2. The highest BCUT2D eigenvalue weighted by molar-refractivity contribution is 5.91. The van der Waals surface area contributed by atoms with Crippen LogP contribution < -0.4 is 10.1 Å². The quantitative estimate of drug-likeness (QED) is 0.925. The van der Waals surface area contributed by atoms with E-state index < -0.39 is 0 Å². The molecule has 0 heterocycles. The molecule has 4 nitrogen and oxygen atoms in total. The summed E-state index contributed by atoms with van der Waals surface area (Å²) >= 11 is 0. The van der Waals surface area contributed by atoms with Gasteiger partial charge < -0.3 is 15.0 Å². The summed E-state index contributed by atoms with van der Waals surface area (Å²) in [6.45, 7) is 1.88. The molecule has 2 aromatic rings. The van der Waals surface area contributed by atoms with Crippen LogP contribution in [0.15, 0.2) is 48.5 Å². The van der Waals surface area contributed by atoms with Crippen molar-refractivity contribution in [1.29, 1.82) is 0 Å². The molecule has 5 heteroatoms. The molecule has 0 aliphatic heterocycles. The lowest BCUT2D eigenvalue weighted by molar-refractivity contribution is 0.208. The average molecular weight is 302 g/mol. The van der Waals surface area contributed by atoms with E-state index in [-0.39, 0.29) is 17.9 Å². The minimum atomic E-state index is -0.294. The number of hydrogen-bond acceptors (Lipinski definition) is 2. The second-order valence-electron chi connectivity index (χ2n) is 4.97. The zero-order valence-corrected chi connectivity index (χ0v) is 12.8. The normalized spacial score (nSPS) is 11.6. The molecule has 0 fully saturated rings. The second-order valence-corrected chi connectivity index (χ2v) is 4.97.